The summed E-state index contributed by atoms with van der Waals surface area (Å²) in [7, 11) is 0. The Morgan fingerprint density at radius 1 is 1.20 bits per heavy atom. The summed E-state index contributed by atoms with van der Waals surface area (Å²) in [4.78, 5) is 20.5. The van der Waals surface area contributed by atoms with E-state index in [0.29, 0.717) is 28.9 Å². The van der Waals surface area contributed by atoms with Crippen LogP contribution in [-0.4, -0.2) is 27.5 Å². The van der Waals surface area contributed by atoms with Crippen LogP contribution in [0.25, 0.3) is 10.9 Å². The molecule has 0 radical (unpaired) electrons. The molecule has 0 unspecified atom stereocenters. The molecule has 0 saturated carbocycles. The average Bonchev–Trinajstić information content (AvgIpc) is 2.60. The summed E-state index contributed by atoms with van der Waals surface area (Å²) < 4.78 is 18.5. The van der Waals surface area contributed by atoms with Crippen molar-refractivity contribution in [3.05, 3.63) is 53.6 Å². The zero-order chi connectivity index (χ0) is 18.0. The molecule has 2 aromatic heterocycles. The van der Waals surface area contributed by atoms with Crippen molar-refractivity contribution in [2.24, 2.45) is 0 Å². The molecular formula is C18H16FN3O3. The Balaban J connectivity index is 2.00. The second-order valence-corrected chi connectivity index (χ2v) is 5.36. The zero-order valence-electron chi connectivity index (χ0n) is 13.7. The quantitative estimate of drug-likeness (QED) is 0.760. The maximum Gasteiger partial charge on any atom is 0.273 e. The Labute approximate surface area is 143 Å². The first-order valence-electron chi connectivity index (χ1n) is 7.71. The number of fused-ring (bicyclic) bond motifs is 1. The number of hydrogen-bond acceptors (Lipinski definition) is 5. The SMILES string of the molecule is CCNC(=O)c1nc(C)c2nc(Oc3ccc(F)cc3)ccc2c1O. The van der Waals surface area contributed by atoms with Gasteiger partial charge in [-0.15, -0.1) is 0 Å². The lowest BCUT2D eigenvalue weighted by molar-refractivity contribution is 0.0948. The standard InChI is InChI=1S/C18H16FN3O3/c1-3-20-18(24)16-17(23)13-8-9-14(22-15(13)10(2)21-16)25-12-6-4-11(19)5-7-12/h4-9,23H,3H2,1-2H3,(H,20,24). The van der Waals surface area contributed by atoms with Gasteiger partial charge in [0, 0.05) is 18.0 Å². The third kappa shape index (κ3) is 3.35. The Morgan fingerprint density at radius 2 is 1.92 bits per heavy atom. The van der Waals surface area contributed by atoms with Crippen LogP contribution in [0.2, 0.25) is 0 Å². The molecule has 0 bridgehead atoms. The van der Waals surface area contributed by atoms with Crippen molar-refractivity contribution in [1.29, 1.82) is 0 Å². The molecule has 0 aliphatic rings. The van der Waals surface area contributed by atoms with Gasteiger partial charge in [-0.3, -0.25) is 4.79 Å². The van der Waals surface area contributed by atoms with Crippen molar-refractivity contribution in [3.8, 4) is 17.4 Å². The number of ether oxygens (including phenoxy) is 1. The van der Waals surface area contributed by atoms with Gasteiger partial charge in [-0.1, -0.05) is 0 Å². The molecule has 128 valence electrons. The minimum Gasteiger partial charge on any atom is -0.505 e. The average molecular weight is 341 g/mol. The number of benzene rings is 1. The minimum absolute atomic E-state index is 0.0409. The summed E-state index contributed by atoms with van der Waals surface area (Å²) >= 11 is 0. The molecule has 7 heteroatoms. The number of aryl methyl sites for hydroxylation is 1. The predicted molar refractivity (Wildman–Crippen MR) is 90.4 cm³/mol. The number of amides is 1. The molecule has 3 aromatic rings. The lowest BCUT2D eigenvalue weighted by Gasteiger charge is -2.11. The maximum atomic E-state index is 12.9. The van der Waals surface area contributed by atoms with E-state index in [-0.39, 0.29) is 23.1 Å². The van der Waals surface area contributed by atoms with E-state index in [1.54, 1.807) is 26.0 Å². The van der Waals surface area contributed by atoms with E-state index >= 15 is 0 Å². The molecule has 1 amide bonds. The van der Waals surface area contributed by atoms with Gasteiger partial charge in [0.15, 0.2) is 11.4 Å². The highest BCUT2D eigenvalue weighted by Gasteiger charge is 2.18. The first-order chi connectivity index (χ1) is 12.0. The van der Waals surface area contributed by atoms with E-state index in [4.69, 9.17) is 4.74 Å². The van der Waals surface area contributed by atoms with Crippen molar-refractivity contribution in [3.63, 3.8) is 0 Å². The van der Waals surface area contributed by atoms with Gasteiger partial charge in [0.2, 0.25) is 5.88 Å². The van der Waals surface area contributed by atoms with E-state index < -0.39 is 5.91 Å². The van der Waals surface area contributed by atoms with Gasteiger partial charge in [-0.2, -0.15) is 0 Å². The molecule has 3 rings (SSSR count). The predicted octanol–water partition coefficient (Wildman–Crippen LogP) is 3.32. The normalized spacial score (nSPS) is 10.7. The minimum atomic E-state index is -0.448. The number of carbonyl (C=O) groups excluding carboxylic acids is 1. The molecule has 0 saturated heterocycles. The van der Waals surface area contributed by atoms with E-state index in [1.807, 2.05) is 0 Å². The Hall–Kier alpha value is -3.22. The number of carbonyl (C=O) groups is 1. The highest BCUT2D eigenvalue weighted by molar-refractivity contribution is 6.01. The van der Waals surface area contributed by atoms with Gasteiger partial charge >= 0.3 is 0 Å². The Morgan fingerprint density at radius 3 is 2.60 bits per heavy atom. The molecule has 0 atom stereocenters. The van der Waals surface area contributed by atoms with Crippen LogP contribution < -0.4 is 10.1 Å². The monoisotopic (exact) mass is 341 g/mol. The van der Waals surface area contributed by atoms with E-state index in [0.717, 1.165) is 0 Å². The molecule has 2 heterocycles. The maximum absolute atomic E-state index is 12.9. The second-order valence-electron chi connectivity index (χ2n) is 5.36. The van der Waals surface area contributed by atoms with Crippen LogP contribution in [0.4, 0.5) is 4.39 Å². The molecular weight excluding hydrogens is 325 g/mol. The number of aromatic nitrogens is 2. The summed E-state index contributed by atoms with van der Waals surface area (Å²) in [6.07, 6.45) is 0. The molecule has 0 fully saturated rings. The number of nitrogens with zero attached hydrogens (tertiary/aromatic N) is 2. The first kappa shape index (κ1) is 16.6. The topological polar surface area (TPSA) is 84.3 Å². The summed E-state index contributed by atoms with van der Waals surface area (Å²) in [6.45, 7) is 3.91. The van der Waals surface area contributed by atoms with Crippen molar-refractivity contribution in [2.45, 2.75) is 13.8 Å². The van der Waals surface area contributed by atoms with Crippen LogP contribution in [-0.2, 0) is 0 Å². The largest absolute Gasteiger partial charge is 0.505 e. The molecule has 0 aliphatic heterocycles. The molecule has 0 spiro atoms. The number of pyridine rings is 2. The van der Waals surface area contributed by atoms with E-state index in [2.05, 4.69) is 15.3 Å². The van der Waals surface area contributed by atoms with Gasteiger partial charge in [-0.05, 0) is 44.2 Å². The second kappa shape index (κ2) is 6.72. The summed E-state index contributed by atoms with van der Waals surface area (Å²) in [6, 6.07) is 8.71. The highest BCUT2D eigenvalue weighted by Crippen LogP contribution is 2.31. The number of hydrogen-bond donors (Lipinski definition) is 2. The first-order valence-corrected chi connectivity index (χ1v) is 7.71. The molecule has 0 aliphatic carbocycles. The van der Waals surface area contributed by atoms with Crippen LogP contribution in [0.5, 0.6) is 17.4 Å². The number of rotatable bonds is 4. The smallest absolute Gasteiger partial charge is 0.273 e. The van der Waals surface area contributed by atoms with E-state index in [9.17, 15) is 14.3 Å². The van der Waals surface area contributed by atoms with Crippen LogP contribution in [0.15, 0.2) is 36.4 Å². The molecule has 1 aromatic carbocycles. The third-order valence-corrected chi connectivity index (χ3v) is 3.56. The Bertz CT molecular complexity index is 942. The highest BCUT2D eigenvalue weighted by atomic mass is 19.1. The molecule has 25 heavy (non-hydrogen) atoms. The third-order valence-electron chi connectivity index (χ3n) is 3.56. The van der Waals surface area contributed by atoms with Crippen LogP contribution in [0, 0.1) is 12.7 Å². The van der Waals surface area contributed by atoms with Crippen molar-refractivity contribution < 1.29 is 19.0 Å². The lowest BCUT2D eigenvalue weighted by atomic mass is 10.1. The zero-order valence-corrected chi connectivity index (χ0v) is 13.7. The number of aromatic hydroxyl groups is 1. The van der Waals surface area contributed by atoms with Crippen molar-refractivity contribution in [2.75, 3.05) is 6.54 Å². The Kier molecular flexibility index (Phi) is 4.47. The van der Waals surface area contributed by atoms with Crippen molar-refractivity contribution in [1.82, 2.24) is 15.3 Å². The van der Waals surface area contributed by atoms with Gasteiger partial charge in [0.05, 0.1) is 11.2 Å². The van der Waals surface area contributed by atoms with Gasteiger partial charge < -0.3 is 15.2 Å². The van der Waals surface area contributed by atoms with Gasteiger partial charge in [0.25, 0.3) is 5.91 Å². The number of nitrogens with one attached hydrogen (secondary N) is 1. The van der Waals surface area contributed by atoms with Crippen LogP contribution >= 0.6 is 0 Å². The van der Waals surface area contributed by atoms with E-state index in [1.165, 1.54) is 24.3 Å². The lowest BCUT2D eigenvalue weighted by Crippen LogP contribution is -2.24. The van der Waals surface area contributed by atoms with Crippen molar-refractivity contribution >= 4 is 16.8 Å². The summed E-state index contributed by atoms with van der Waals surface area (Å²) in [5.74, 6) is -0.332. The molecule has 6 nitrogen and oxygen atoms in total. The summed E-state index contributed by atoms with van der Waals surface area (Å²) in [5, 5.41) is 13.3. The number of halogens is 1. The molecule has 2 N–H and O–H groups in total. The van der Waals surface area contributed by atoms with Crippen LogP contribution in [0.1, 0.15) is 23.1 Å². The van der Waals surface area contributed by atoms with Gasteiger partial charge in [0.1, 0.15) is 11.6 Å². The fourth-order valence-electron chi connectivity index (χ4n) is 2.39. The van der Waals surface area contributed by atoms with Gasteiger partial charge in [-0.25, -0.2) is 14.4 Å². The fraction of sp³-hybridized carbons (Fsp3) is 0.167. The van der Waals surface area contributed by atoms with Crippen LogP contribution in [0.3, 0.4) is 0 Å². The summed E-state index contributed by atoms with van der Waals surface area (Å²) in [5.41, 5.74) is 0.865. The fourth-order valence-corrected chi connectivity index (χ4v) is 2.39.